The molecule has 4 heteroatoms. The van der Waals surface area contributed by atoms with Crippen molar-refractivity contribution in [2.45, 2.75) is 46.6 Å². The summed E-state index contributed by atoms with van der Waals surface area (Å²) >= 11 is 3.51. The molecule has 3 nitrogen and oxygen atoms in total. The van der Waals surface area contributed by atoms with Crippen LogP contribution in [-0.2, 0) is 0 Å². The Bertz CT molecular complexity index is 448. The second kappa shape index (κ2) is 8.16. The van der Waals surface area contributed by atoms with Crippen LogP contribution in [0.25, 0.3) is 0 Å². The summed E-state index contributed by atoms with van der Waals surface area (Å²) in [6.07, 6.45) is 2.05. The molecule has 1 aromatic carbocycles. The van der Waals surface area contributed by atoms with Crippen LogP contribution in [0.3, 0.4) is 0 Å². The Labute approximate surface area is 137 Å². The standard InChI is InChI=1S/C17H29BrN2O/c1-5-9-20(12-17(3,4)11-19)15(6-2)14-10-13(18)7-8-16(14)21/h7-8,10,15,21H,5-6,9,11-12,19H2,1-4H3. The van der Waals surface area contributed by atoms with Crippen molar-refractivity contribution in [1.82, 2.24) is 4.90 Å². The van der Waals surface area contributed by atoms with Gasteiger partial charge in [-0.25, -0.2) is 0 Å². The van der Waals surface area contributed by atoms with Crippen molar-refractivity contribution in [3.05, 3.63) is 28.2 Å². The first-order valence-corrected chi connectivity index (χ1v) is 8.56. The Morgan fingerprint density at radius 2 is 2.00 bits per heavy atom. The molecule has 0 radical (unpaired) electrons. The number of nitrogens with zero attached hydrogens (tertiary/aromatic N) is 1. The molecule has 120 valence electrons. The second-order valence-corrected chi connectivity index (χ2v) is 7.38. The van der Waals surface area contributed by atoms with Gasteiger partial charge >= 0.3 is 0 Å². The van der Waals surface area contributed by atoms with E-state index in [2.05, 4.69) is 48.5 Å². The Morgan fingerprint density at radius 1 is 1.33 bits per heavy atom. The van der Waals surface area contributed by atoms with Gasteiger partial charge in [0.05, 0.1) is 0 Å². The molecule has 21 heavy (non-hydrogen) atoms. The first kappa shape index (κ1) is 18.5. The van der Waals surface area contributed by atoms with E-state index >= 15 is 0 Å². The fraction of sp³-hybridized carbons (Fsp3) is 0.647. The van der Waals surface area contributed by atoms with Gasteiger partial charge in [-0.2, -0.15) is 0 Å². The van der Waals surface area contributed by atoms with Gasteiger partial charge in [-0.15, -0.1) is 0 Å². The van der Waals surface area contributed by atoms with E-state index in [0.717, 1.165) is 36.0 Å². The van der Waals surface area contributed by atoms with Gasteiger partial charge in [0.2, 0.25) is 0 Å². The monoisotopic (exact) mass is 356 g/mol. The van der Waals surface area contributed by atoms with Gasteiger partial charge in [0.25, 0.3) is 0 Å². The zero-order valence-electron chi connectivity index (χ0n) is 13.7. The van der Waals surface area contributed by atoms with E-state index < -0.39 is 0 Å². The molecule has 1 rings (SSSR count). The van der Waals surface area contributed by atoms with Gasteiger partial charge < -0.3 is 10.8 Å². The third kappa shape index (κ3) is 5.28. The number of hydrogen-bond donors (Lipinski definition) is 2. The molecular weight excluding hydrogens is 328 g/mol. The van der Waals surface area contributed by atoms with Crippen LogP contribution in [0.4, 0.5) is 0 Å². The van der Waals surface area contributed by atoms with Crippen molar-refractivity contribution in [3.8, 4) is 5.75 Å². The fourth-order valence-electron chi connectivity index (χ4n) is 2.71. The molecule has 0 aromatic heterocycles. The maximum absolute atomic E-state index is 10.2. The summed E-state index contributed by atoms with van der Waals surface area (Å²) in [7, 11) is 0. The minimum absolute atomic E-state index is 0.0736. The Hall–Kier alpha value is -0.580. The summed E-state index contributed by atoms with van der Waals surface area (Å²) in [6.45, 7) is 11.4. The van der Waals surface area contributed by atoms with E-state index in [1.165, 1.54) is 0 Å². The van der Waals surface area contributed by atoms with E-state index in [0.29, 0.717) is 12.3 Å². The molecule has 0 heterocycles. The van der Waals surface area contributed by atoms with Crippen LogP contribution in [0.5, 0.6) is 5.75 Å². The predicted molar refractivity (Wildman–Crippen MR) is 93.5 cm³/mol. The first-order valence-electron chi connectivity index (χ1n) is 7.77. The predicted octanol–water partition coefficient (Wildman–Crippen LogP) is 4.30. The van der Waals surface area contributed by atoms with Crippen LogP contribution in [-0.4, -0.2) is 29.6 Å². The summed E-state index contributed by atoms with van der Waals surface area (Å²) < 4.78 is 1.00. The van der Waals surface area contributed by atoms with Gasteiger partial charge in [-0.05, 0) is 49.5 Å². The molecule has 0 spiro atoms. The van der Waals surface area contributed by atoms with Gasteiger partial charge in [-0.1, -0.05) is 43.6 Å². The van der Waals surface area contributed by atoms with Crippen LogP contribution in [0, 0.1) is 5.41 Å². The van der Waals surface area contributed by atoms with Crippen molar-refractivity contribution in [2.24, 2.45) is 11.1 Å². The summed E-state index contributed by atoms with van der Waals surface area (Å²) in [6, 6.07) is 5.88. The maximum atomic E-state index is 10.2. The number of phenolic OH excluding ortho intramolecular Hbond substituents is 1. The van der Waals surface area contributed by atoms with E-state index in [1.54, 1.807) is 6.07 Å². The Balaban J connectivity index is 3.09. The van der Waals surface area contributed by atoms with Crippen LogP contribution in [0.15, 0.2) is 22.7 Å². The fourth-order valence-corrected chi connectivity index (χ4v) is 3.09. The SMILES string of the molecule is CCCN(CC(C)(C)CN)C(CC)c1cc(Br)ccc1O. The lowest BCUT2D eigenvalue weighted by molar-refractivity contribution is 0.127. The number of aromatic hydroxyl groups is 1. The van der Waals surface area contributed by atoms with Gasteiger partial charge in [0.1, 0.15) is 5.75 Å². The molecule has 0 aliphatic rings. The summed E-state index contributed by atoms with van der Waals surface area (Å²) in [5, 5.41) is 10.2. The second-order valence-electron chi connectivity index (χ2n) is 6.47. The highest BCUT2D eigenvalue weighted by molar-refractivity contribution is 9.10. The van der Waals surface area contributed by atoms with Crippen molar-refractivity contribution < 1.29 is 5.11 Å². The number of benzene rings is 1. The van der Waals surface area contributed by atoms with Gasteiger partial charge in [0.15, 0.2) is 0 Å². The highest BCUT2D eigenvalue weighted by atomic mass is 79.9. The summed E-state index contributed by atoms with van der Waals surface area (Å²) in [5.41, 5.74) is 6.97. The molecule has 0 aliphatic carbocycles. The highest BCUT2D eigenvalue weighted by Gasteiger charge is 2.27. The zero-order chi connectivity index (χ0) is 16.0. The smallest absolute Gasteiger partial charge is 0.120 e. The first-order chi connectivity index (χ1) is 9.84. The molecule has 0 fully saturated rings. The average molecular weight is 357 g/mol. The van der Waals surface area contributed by atoms with Crippen LogP contribution >= 0.6 is 15.9 Å². The number of nitrogens with two attached hydrogens (primary N) is 1. The lowest BCUT2D eigenvalue weighted by atomic mass is 9.91. The van der Waals surface area contributed by atoms with Crippen molar-refractivity contribution in [1.29, 1.82) is 0 Å². The lowest BCUT2D eigenvalue weighted by Gasteiger charge is -2.37. The molecular formula is C17H29BrN2O. The summed E-state index contributed by atoms with van der Waals surface area (Å²) in [5.74, 6) is 0.372. The minimum atomic E-state index is 0.0736. The molecule has 3 N–H and O–H groups in total. The lowest BCUT2D eigenvalue weighted by Crippen LogP contribution is -2.41. The number of halogens is 1. The van der Waals surface area contributed by atoms with Gasteiger partial charge in [0, 0.05) is 22.6 Å². The van der Waals surface area contributed by atoms with E-state index in [-0.39, 0.29) is 11.5 Å². The van der Waals surface area contributed by atoms with Gasteiger partial charge in [-0.3, -0.25) is 4.90 Å². The topological polar surface area (TPSA) is 49.5 Å². The molecule has 0 aliphatic heterocycles. The van der Waals surface area contributed by atoms with E-state index in [1.807, 2.05) is 12.1 Å². The van der Waals surface area contributed by atoms with E-state index in [9.17, 15) is 5.11 Å². The molecule has 0 saturated carbocycles. The third-order valence-corrected chi connectivity index (χ3v) is 4.36. The zero-order valence-corrected chi connectivity index (χ0v) is 15.3. The molecule has 0 bridgehead atoms. The minimum Gasteiger partial charge on any atom is -0.508 e. The quantitative estimate of drug-likeness (QED) is 0.729. The van der Waals surface area contributed by atoms with Crippen LogP contribution in [0.1, 0.15) is 52.1 Å². The number of rotatable bonds is 8. The van der Waals surface area contributed by atoms with E-state index in [4.69, 9.17) is 5.73 Å². The largest absolute Gasteiger partial charge is 0.508 e. The number of phenols is 1. The van der Waals surface area contributed by atoms with Crippen LogP contribution < -0.4 is 5.73 Å². The average Bonchev–Trinajstić information content (AvgIpc) is 2.43. The van der Waals surface area contributed by atoms with Crippen LogP contribution in [0.2, 0.25) is 0 Å². The molecule has 1 unspecified atom stereocenters. The molecule has 1 atom stereocenters. The molecule has 0 saturated heterocycles. The molecule has 0 amide bonds. The number of hydrogen-bond acceptors (Lipinski definition) is 3. The Morgan fingerprint density at radius 3 is 2.52 bits per heavy atom. The Kier molecular flexibility index (Phi) is 7.17. The molecule has 1 aromatic rings. The van der Waals surface area contributed by atoms with Crippen molar-refractivity contribution in [2.75, 3.05) is 19.6 Å². The third-order valence-electron chi connectivity index (χ3n) is 3.87. The normalized spacial score (nSPS) is 13.7. The summed E-state index contributed by atoms with van der Waals surface area (Å²) in [4.78, 5) is 2.45. The maximum Gasteiger partial charge on any atom is 0.120 e. The van der Waals surface area contributed by atoms with Crippen molar-refractivity contribution in [3.63, 3.8) is 0 Å². The van der Waals surface area contributed by atoms with Crippen molar-refractivity contribution >= 4 is 15.9 Å². The highest BCUT2D eigenvalue weighted by Crippen LogP contribution is 2.35.